The second kappa shape index (κ2) is 7.49. The van der Waals surface area contributed by atoms with Crippen LogP contribution in [0.1, 0.15) is 17.0 Å². The number of halogens is 1. The second-order valence-electron chi connectivity index (χ2n) is 7.34. The lowest BCUT2D eigenvalue weighted by molar-refractivity contribution is -0.132. The molecule has 30 heavy (non-hydrogen) atoms. The van der Waals surface area contributed by atoms with E-state index in [2.05, 4.69) is 38.7 Å². The Balaban J connectivity index is 1.88. The van der Waals surface area contributed by atoms with Gasteiger partial charge in [0.15, 0.2) is 5.11 Å². The summed E-state index contributed by atoms with van der Waals surface area (Å²) in [6.45, 7) is 4.01. The summed E-state index contributed by atoms with van der Waals surface area (Å²) in [4.78, 5) is 28.0. The van der Waals surface area contributed by atoms with Gasteiger partial charge >= 0.3 is 0 Å². The standard InChI is InChI=1S/C23H20BrN3O2S/c1-13-11-15(12-18-21(28)25(3)23(30)26(4)22(18)29)14(2)27(13)20-10-9-19(24)16-7-5-6-8-17(16)20/h5-12H,1-4H3. The van der Waals surface area contributed by atoms with Crippen molar-refractivity contribution in [1.82, 2.24) is 14.4 Å². The fourth-order valence-electron chi connectivity index (χ4n) is 3.88. The number of thiocarbonyl (C=S) groups is 1. The van der Waals surface area contributed by atoms with Crippen LogP contribution in [-0.4, -0.2) is 45.4 Å². The van der Waals surface area contributed by atoms with Gasteiger partial charge in [-0.15, -0.1) is 0 Å². The van der Waals surface area contributed by atoms with Gasteiger partial charge in [-0.1, -0.05) is 40.2 Å². The van der Waals surface area contributed by atoms with E-state index >= 15 is 0 Å². The molecule has 5 nitrogen and oxygen atoms in total. The highest BCUT2D eigenvalue weighted by atomic mass is 79.9. The number of fused-ring (bicyclic) bond motifs is 1. The highest BCUT2D eigenvalue weighted by molar-refractivity contribution is 9.10. The van der Waals surface area contributed by atoms with Crippen LogP contribution in [0.4, 0.5) is 0 Å². The molecule has 1 saturated heterocycles. The average Bonchev–Trinajstić information content (AvgIpc) is 3.02. The SMILES string of the molecule is Cc1cc(C=C2C(=O)N(C)C(=S)N(C)C2=O)c(C)n1-c1ccc(Br)c2ccccc12. The van der Waals surface area contributed by atoms with Crippen molar-refractivity contribution in [2.45, 2.75) is 13.8 Å². The molecule has 152 valence electrons. The Hall–Kier alpha value is -2.77. The molecule has 1 aromatic heterocycles. The fraction of sp³-hybridized carbons (Fsp3) is 0.174. The number of amides is 2. The molecule has 0 atom stereocenters. The number of benzene rings is 2. The molecule has 0 spiro atoms. The van der Waals surface area contributed by atoms with Gasteiger partial charge in [-0.3, -0.25) is 19.4 Å². The molecular formula is C23H20BrN3O2S. The molecule has 4 rings (SSSR count). The summed E-state index contributed by atoms with van der Waals surface area (Å²) >= 11 is 8.79. The fourth-order valence-corrected chi connectivity index (χ4v) is 4.52. The van der Waals surface area contributed by atoms with Gasteiger partial charge < -0.3 is 4.57 Å². The summed E-state index contributed by atoms with van der Waals surface area (Å²) < 4.78 is 3.18. The van der Waals surface area contributed by atoms with Crippen LogP contribution >= 0.6 is 28.1 Å². The molecule has 0 aliphatic carbocycles. The summed E-state index contributed by atoms with van der Waals surface area (Å²) in [5.74, 6) is -0.774. The van der Waals surface area contributed by atoms with E-state index < -0.39 is 0 Å². The van der Waals surface area contributed by atoms with Crippen LogP contribution in [0.25, 0.3) is 22.5 Å². The van der Waals surface area contributed by atoms with Gasteiger partial charge in [0.05, 0.1) is 5.69 Å². The minimum atomic E-state index is -0.387. The Bertz CT molecular complexity index is 1250. The monoisotopic (exact) mass is 481 g/mol. The molecule has 0 N–H and O–H groups in total. The second-order valence-corrected chi connectivity index (χ2v) is 8.56. The van der Waals surface area contributed by atoms with Crippen molar-refractivity contribution < 1.29 is 9.59 Å². The molecule has 2 heterocycles. The zero-order chi connectivity index (χ0) is 21.7. The van der Waals surface area contributed by atoms with Gasteiger partial charge in [-0.2, -0.15) is 0 Å². The predicted octanol–water partition coefficient (Wildman–Crippen LogP) is 4.61. The maximum Gasteiger partial charge on any atom is 0.265 e. The zero-order valence-electron chi connectivity index (χ0n) is 17.1. The van der Waals surface area contributed by atoms with Crippen LogP contribution in [-0.2, 0) is 9.59 Å². The van der Waals surface area contributed by atoms with Gasteiger partial charge in [0.25, 0.3) is 11.8 Å². The average molecular weight is 482 g/mol. The van der Waals surface area contributed by atoms with Gasteiger partial charge in [-0.25, -0.2) is 0 Å². The largest absolute Gasteiger partial charge is 0.317 e. The van der Waals surface area contributed by atoms with Crippen LogP contribution in [0.5, 0.6) is 0 Å². The van der Waals surface area contributed by atoms with E-state index in [4.69, 9.17) is 12.2 Å². The lowest BCUT2D eigenvalue weighted by atomic mass is 10.1. The predicted molar refractivity (Wildman–Crippen MR) is 127 cm³/mol. The first-order valence-electron chi connectivity index (χ1n) is 9.40. The number of carbonyl (C=O) groups excluding carboxylic acids is 2. The van der Waals surface area contributed by atoms with Gasteiger partial charge in [0.2, 0.25) is 0 Å². The summed E-state index contributed by atoms with van der Waals surface area (Å²) in [6, 6.07) is 14.3. The molecule has 0 unspecified atom stereocenters. The van der Waals surface area contributed by atoms with E-state index in [0.29, 0.717) is 0 Å². The number of nitrogens with zero attached hydrogens (tertiary/aromatic N) is 3. The molecule has 1 aliphatic heterocycles. The first-order chi connectivity index (χ1) is 14.2. The molecule has 0 radical (unpaired) electrons. The Morgan fingerprint density at radius 1 is 0.933 bits per heavy atom. The van der Waals surface area contributed by atoms with Crippen molar-refractivity contribution in [3.05, 3.63) is 69.5 Å². The Labute approximate surface area is 188 Å². The van der Waals surface area contributed by atoms with Gasteiger partial charge in [-0.05, 0) is 61.3 Å². The maximum absolute atomic E-state index is 12.7. The molecule has 7 heteroatoms. The topological polar surface area (TPSA) is 45.6 Å². The summed E-state index contributed by atoms with van der Waals surface area (Å²) in [7, 11) is 3.16. The number of likely N-dealkylation sites (N-methyl/N-ethyl adjacent to an activating group) is 2. The van der Waals surface area contributed by atoms with Crippen LogP contribution in [0.15, 0.2) is 52.5 Å². The lowest BCUT2D eigenvalue weighted by Crippen LogP contribution is -2.52. The van der Waals surface area contributed by atoms with E-state index in [1.165, 1.54) is 9.80 Å². The Morgan fingerprint density at radius 2 is 1.53 bits per heavy atom. The number of hydrogen-bond acceptors (Lipinski definition) is 3. The van der Waals surface area contributed by atoms with Crippen molar-refractivity contribution in [3.8, 4) is 5.69 Å². The third-order valence-electron chi connectivity index (χ3n) is 5.50. The highest BCUT2D eigenvalue weighted by Gasteiger charge is 2.35. The summed E-state index contributed by atoms with van der Waals surface area (Å²) in [5.41, 5.74) is 3.94. The quantitative estimate of drug-likeness (QED) is 0.305. The van der Waals surface area contributed by atoms with Crippen molar-refractivity contribution in [2.75, 3.05) is 14.1 Å². The molecule has 0 bridgehead atoms. The minimum Gasteiger partial charge on any atom is -0.317 e. The number of aromatic nitrogens is 1. The van der Waals surface area contributed by atoms with Crippen molar-refractivity contribution in [1.29, 1.82) is 0 Å². The molecule has 1 fully saturated rings. The third-order valence-corrected chi connectivity index (χ3v) is 6.74. The maximum atomic E-state index is 12.7. The molecular weight excluding hydrogens is 462 g/mol. The molecule has 0 saturated carbocycles. The molecule has 2 amide bonds. The normalized spacial score (nSPS) is 14.8. The van der Waals surface area contributed by atoms with Crippen LogP contribution in [0.3, 0.4) is 0 Å². The van der Waals surface area contributed by atoms with Crippen LogP contribution < -0.4 is 0 Å². The van der Waals surface area contributed by atoms with E-state index in [-0.39, 0.29) is 22.5 Å². The van der Waals surface area contributed by atoms with E-state index in [1.54, 1.807) is 20.2 Å². The number of rotatable bonds is 2. The van der Waals surface area contributed by atoms with E-state index in [1.807, 2.05) is 38.1 Å². The summed E-state index contributed by atoms with van der Waals surface area (Å²) in [5, 5.41) is 2.44. The molecule has 1 aliphatic rings. The third kappa shape index (κ3) is 3.09. The highest BCUT2D eigenvalue weighted by Crippen LogP contribution is 2.32. The lowest BCUT2D eigenvalue weighted by Gasteiger charge is -2.31. The van der Waals surface area contributed by atoms with Crippen LogP contribution in [0.2, 0.25) is 0 Å². The van der Waals surface area contributed by atoms with E-state index in [0.717, 1.165) is 37.9 Å². The number of hydrogen-bond donors (Lipinski definition) is 0. The van der Waals surface area contributed by atoms with Crippen LogP contribution in [0, 0.1) is 13.8 Å². The minimum absolute atomic E-state index is 0.106. The van der Waals surface area contributed by atoms with Crippen molar-refractivity contribution in [3.63, 3.8) is 0 Å². The molecule has 3 aromatic rings. The smallest absolute Gasteiger partial charge is 0.265 e. The van der Waals surface area contributed by atoms with Crippen molar-refractivity contribution >= 4 is 61.9 Å². The number of aryl methyl sites for hydroxylation is 1. The Kier molecular flexibility index (Phi) is 5.11. The van der Waals surface area contributed by atoms with Crippen molar-refractivity contribution in [2.24, 2.45) is 0 Å². The summed E-state index contributed by atoms with van der Waals surface area (Å²) in [6.07, 6.45) is 1.67. The van der Waals surface area contributed by atoms with E-state index in [9.17, 15) is 9.59 Å². The Morgan fingerprint density at radius 3 is 2.17 bits per heavy atom. The first kappa shape index (κ1) is 20.5. The zero-order valence-corrected chi connectivity index (χ0v) is 19.5. The number of carbonyl (C=O) groups is 2. The van der Waals surface area contributed by atoms with Gasteiger partial charge in [0, 0.05) is 35.3 Å². The molecule has 2 aromatic carbocycles. The van der Waals surface area contributed by atoms with Gasteiger partial charge in [0.1, 0.15) is 5.57 Å². The first-order valence-corrected chi connectivity index (χ1v) is 10.6.